The Kier molecular flexibility index (Phi) is 7.86. The first-order valence-corrected chi connectivity index (χ1v) is 11.0. The Labute approximate surface area is 169 Å². The first-order chi connectivity index (χ1) is 12.8. The van der Waals surface area contributed by atoms with Gasteiger partial charge in [-0.1, -0.05) is 24.6 Å². The summed E-state index contributed by atoms with van der Waals surface area (Å²) in [4.78, 5) is 25.5. The van der Waals surface area contributed by atoms with Gasteiger partial charge >= 0.3 is 5.97 Å². The number of hydrogen-bond acceptors (Lipinski definition) is 4. The fourth-order valence-corrected chi connectivity index (χ4v) is 4.72. The SMILES string of the molecule is CC(C)(C)S(=O)N1C(=O)CC[C@@H](C(=O)Oc2ccccc2)[C@@H]1CCCCCl. The molecule has 0 saturated carbocycles. The van der Waals surface area contributed by atoms with Gasteiger partial charge in [0.2, 0.25) is 5.91 Å². The molecule has 1 unspecified atom stereocenters. The number of carbonyl (C=O) groups is 2. The lowest BCUT2D eigenvalue weighted by molar-refractivity contribution is -0.145. The predicted octanol–water partition coefficient (Wildman–Crippen LogP) is 4.07. The lowest BCUT2D eigenvalue weighted by atomic mass is 9.87. The first kappa shape index (κ1) is 21.9. The molecule has 0 aliphatic carbocycles. The normalized spacial score (nSPS) is 21.8. The maximum Gasteiger partial charge on any atom is 0.316 e. The van der Waals surface area contributed by atoms with Crippen LogP contribution in [-0.2, 0) is 20.6 Å². The van der Waals surface area contributed by atoms with Gasteiger partial charge < -0.3 is 4.74 Å². The standard InChI is InChI=1S/C20H28ClNO4S/c1-20(2,3)27(25)22-17(11-7-8-14-21)16(12-13-18(22)23)19(24)26-15-9-5-4-6-10-15/h4-6,9-10,16-17H,7-8,11-14H2,1-3H3/t16-,17+,27?/m1/s1. The summed E-state index contributed by atoms with van der Waals surface area (Å²) < 4.78 is 19.4. The lowest BCUT2D eigenvalue weighted by Gasteiger charge is -2.41. The number of rotatable bonds is 7. The molecule has 150 valence electrons. The molecule has 5 nitrogen and oxygen atoms in total. The molecule has 3 atom stereocenters. The highest BCUT2D eigenvalue weighted by molar-refractivity contribution is 7.84. The van der Waals surface area contributed by atoms with E-state index >= 15 is 0 Å². The first-order valence-electron chi connectivity index (χ1n) is 9.32. The van der Waals surface area contributed by atoms with E-state index in [1.54, 1.807) is 24.3 Å². The number of para-hydroxylation sites is 1. The Bertz CT molecular complexity index is 674. The van der Waals surface area contributed by atoms with Crippen molar-refractivity contribution in [2.45, 2.75) is 63.7 Å². The van der Waals surface area contributed by atoms with Gasteiger partial charge in [-0.05, 0) is 52.2 Å². The van der Waals surface area contributed by atoms with Crippen LogP contribution in [0.4, 0.5) is 0 Å². The number of alkyl halides is 1. The van der Waals surface area contributed by atoms with Crippen LogP contribution < -0.4 is 4.74 Å². The zero-order chi connectivity index (χ0) is 20.0. The third kappa shape index (κ3) is 5.79. The molecule has 0 radical (unpaired) electrons. The fourth-order valence-electron chi connectivity index (χ4n) is 3.16. The quantitative estimate of drug-likeness (QED) is 0.292. The highest BCUT2D eigenvalue weighted by Crippen LogP contribution is 2.33. The second kappa shape index (κ2) is 9.69. The van der Waals surface area contributed by atoms with Gasteiger partial charge in [-0.3, -0.25) is 13.9 Å². The number of unbranched alkanes of at least 4 members (excludes halogenated alkanes) is 1. The average molecular weight is 414 g/mol. The number of esters is 1. The number of piperidine rings is 1. The van der Waals surface area contributed by atoms with Crippen molar-refractivity contribution in [1.82, 2.24) is 4.31 Å². The molecule has 0 spiro atoms. The summed E-state index contributed by atoms with van der Waals surface area (Å²) in [5, 5.41) is 0. The van der Waals surface area contributed by atoms with Gasteiger partial charge in [0.1, 0.15) is 16.7 Å². The van der Waals surface area contributed by atoms with Crippen LogP contribution in [0.15, 0.2) is 30.3 Å². The van der Waals surface area contributed by atoms with Crippen LogP contribution in [0.5, 0.6) is 5.75 Å². The molecule has 0 N–H and O–H groups in total. The van der Waals surface area contributed by atoms with Crippen LogP contribution in [0.3, 0.4) is 0 Å². The molecule has 1 aliphatic rings. The van der Waals surface area contributed by atoms with Crippen LogP contribution >= 0.6 is 11.6 Å². The number of halogens is 1. The molecule has 1 heterocycles. The molecule has 27 heavy (non-hydrogen) atoms. The molecule has 1 aromatic carbocycles. The third-order valence-electron chi connectivity index (χ3n) is 4.53. The average Bonchev–Trinajstić information content (AvgIpc) is 2.61. The summed E-state index contributed by atoms with van der Waals surface area (Å²) in [5.74, 6) is -0.0439. The number of nitrogens with zero attached hydrogens (tertiary/aromatic N) is 1. The van der Waals surface area contributed by atoms with E-state index in [4.69, 9.17) is 16.3 Å². The van der Waals surface area contributed by atoms with Crippen molar-refractivity contribution in [1.29, 1.82) is 0 Å². The smallest absolute Gasteiger partial charge is 0.316 e. The molecule has 1 saturated heterocycles. The summed E-state index contributed by atoms with van der Waals surface area (Å²) in [7, 11) is -1.53. The van der Waals surface area contributed by atoms with Crippen molar-refractivity contribution in [3.05, 3.63) is 30.3 Å². The van der Waals surface area contributed by atoms with Crippen LogP contribution in [0.1, 0.15) is 52.9 Å². The lowest BCUT2D eigenvalue weighted by Crippen LogP contribution is -2.55. The second-order valence-electron chi connectivity index (χ2n) is 7.71. The van der Waals surface area contributed by atoms with Crippen LogP contribution in [0, 0.1) is 5.92 Å². The van der Waals surface area contributed by atoms with Gasteiger partial charge in [-0.2, -0.15) is 0 Å². The monoisotopic (exact) mass is 413 g/mol. The predicted molar refractivity (Wildman–Crippen MR) is 108 cm³/mol. The van der Waals surface area contributed by atoms with E-state index in [1.165, 1.54) is 4.31 Å². The molecular formula is C20H28ClNO4S. The Balaban J connectivity index is 2.26. The molecule has 0 bridgehead atoms. The van der Waals surface area contributed by atoms with Gasteiger partial charge in [0.15, 0.2) is 0 Å². The van der Waals surface area contributed by atoms with Crippen molar-refractivity contribution < 1.29 is 18.5 Å². The largest absolute Gasteiger partial charge is 0.426 e. The summed E-state index contributed by atoms with van der Waals surface area (Å²) in [6.07, 6.45) is 2.72. The third-order valence-corrected chi connectivity index (χ3v) is 6.68. The van der Waals surface area contributed by atoms with Gasteiger partial charge in [0, 0.05) is 12.3 Å². The van der Waals surface area contributed by atoms with E-state index in [2.05, 4.69) is 0 Å². The Hall–Kier alpha value is -1.40. The number of benzene rings is 1. The van der Waals surface area contributed by atoms with Crippen molar-refractivity contribution in [3.8, 4) is 5.75 Å². The Morgan fingerprint density at radius 2 is 1.93 bits per heavy atom. The van der Waals surface area contributed by atoms with Crippen molar-refractivity contribution >= 4 is 34.5 Å². The van der Waals surface area contributed by atoms with Crippen LogP contribution in [0.2, 0.25) is 0 Å². The molecule has 1 aliphatic heterocycles. The van der Waals surface area contributed by atoms with E-state index in [-0.39, 0.29) is 18.3 Å². The fraction of sp³-hybridized carbons (Fsp3) is 0.600. The summed E-state index contributed by atoms with van der Waals surface area (Å²) in [5.41, 5.74) is 0. The number of carbonyl (C=O) groups excluding carboxylic acids is 2. The minimum Gasteiger partial charge on any atom is -0.426 e. The maximum absolute atomic E-state index is 13.0. The summed E-state index contributed by atoms with van der Waals surface area (Å²) in [6, 6.07) is 8.45. The van der Waals surface area contributed by atoms with E-state index < -0.39 is 27.7 Å². The number of hydrogen-bond donors (Lipinski definition) is 0. The zero-order valence-corrected chi connectivity index (χ0v) is 17.7. The van der Waals surface area contributed by atoms with Gasteiger partial charge in [0.25, 0.3) is 0 Å². The number of ether oxygens (including phenoxy) is 1. The van der Waals surface area contributed by atoms with Crippen molar-refractivity contribution in [3.63, 3.8) is 0 Å². The minimum atomic E-state index is -1.53. The highest BCUT2D eigenvalue weighted by atomic mass is 35.5. The van der Waals surface area contributed by atoms with Crippen molar-refractivity contribution in [2.75, 3.05) is 5.88 Å². The van der Waals surface area contributed by atoms with Gasteiger partial charge in [0.05, 0.1) is 16.7 Å². The van der Waals surface area contributed by atoms with E-state index in [0.717, 1.165) is 12.8 Å². The summed E-state index contributed by atoms with van der Waals surface area (Å²) >= 11 is 5.79. The van der Waals surface area contributed by atoms with Crippen LogP contribution in [0.25, 0.3) is 0 Å². The highest BCUT2D eigenvalue weighted by Gasteiger charge is 2.45. The molecule has 2 rings (SSSR count). The zero-order valence-electron chi connectivity index (χ0n) is 16.2. The molecule has 1 fully saturated rings. The molecule has 7 heteroatoms. The van der Waals surface area contributed by atoms with E-state index in [1.807, 2.05) is 26.8 Å². The van der Waals surface area contributed by atoms with Crippen LogP contribution in [-0.4, -0.2) is 37.1 Å². The van der Waals surface area contributed by atoms with E-state index in [9.17, 15) is 13.8 Å². The summed E-state index contributed by atoms with van der Waals surface area (Å²) in [6.45, 7) is 5.49. The second-order valence-corrected chi connectivity index (χ2v) is 10.2. The van der Waals surface area contributed by atoms with Gasteiger partial charge in [-0.15, -0.1) is 11.6 Å². The Morgan fingerprint density at radius 3 is 2.52 bits per heavy atom. The van der Waals surface area contributed by atoms with E-state index in [0.29, 0.717) is 24.5 Å². The number of amides is 1. The van der Waals surface area contributed by atoms with Gasteiger partial charge in [-0.25, -0.2) is 4.21 Å². The minimum absolute atomic E-state index is 0.164. The molecule has 1 aromatic rings. The topological polar surface area (TPSA) is 63.7 Å². The van der Waals surface area contributed by atoms with Crippen molar-refractivity contribution in [2.24, 2.45) is 5.92 Å². The molecular weight excluding hydrogens is 386 g/mol. The molecule has 0 aromatic heterocycles. The maximum atomic E-state index is 13.0. The Morgan fingerprint density at radius 1 is 1.26 bits per heavy atom. The molecule has 1 amide bonds.